The minimum Gasteiger partial charge on any atom is -0.406 e. The fourth-order valence-electron chi connectivity index (χ4n) is 3.13. The number of carbonyl (C=O) groups excluding carboxylic acids is 1. The zero-order valence-corrected chi connectivity index (χ0v) is 15.1. The van der Waals surface area contributed by atoms with Crippen LogP contribution in [-0.4, -0.2) is 49.9 Å². The van der Waals surface area contributed by atoms with Crippen molar-refractivity contribution in [3.05, 3.63) is 24.3 Å². The fraction of sp³-hybridized carbons (Fsp3) is 0.611. The summed E-state index contributed by atoms with van der Waals surface area (Å²) < 4.78 is 40.3. The number of benzene rings is 1. The third kappa shape index (κ3) is 6.49. The molecular formula is C18H26F3N3O2. The number of piperidine rings is 1. The average Bonchev–Trinajstić information content (AvgIpc) is 2.60. The van der Waals surface area contributed by atoms with E-state index in [-0.39, 0.29) is 17.7 Å². The molecule has 1 aromatic carbocycles. The Hall–Kier alpha value is -1.80. The van der Waals surface area contributed by atoms with E-state index in [0.29, 0.717) is 11.6 Å². The van der Waals surface area contributed by atoms with Crippen LogP contribution in [0.2, 0.25) is 0 Å². The molecule has 0 aliphatic carbocycles. The highest BCUT2D eigenvalue weighted by Crippen LogP contribution is 2.25. The molecule has 1 aliphatic rings. The Bertz CT molecular complexity index is 570. The Balaban J connectivity index is 1.82. The van der Waals surface area contributed by atoms with Gasteiger partial charge in [-0.15, -0.1) is 13.2 Å². The van der Waals surface area contributed by atoms with Crippen molar-refractivity contribution in [2.24, 2.45) is 5.92 Å². The Morgan fingerprint density at radius 2 is 1.88 bits per heavy atom. The van der Waals surface area contributed by atoms with E-state index in [1.165, 1.54) is 24.3 Å². The number of ether oxygens (including phenoxy) is 1. The van der Waals surface area contributed by atoms with Crippen molar-refractivity contribution < 1.29 is 22.7 Å². The van der Waals surface area contributed by atoms with Crippen LogP contribution in [0.3, 0.4) is 0 Å². The van der Waals surface area contributed by atoms with Gasteiger partial charge in [0.05, 0.1) is 6.04 Å². The van der Waals surface area contributed by atoms with Gasteiger partial charge in [-0.25, -0.2) is 0 Å². The molecule has 0 aromatic heterocycles. The second-order valence-electron chi connectivity index (χ2n) is 6.61. The predicted octanol–water partition coefficient (Wildman–Crippen LogP) is 3.23. The Kier molecular flexibility index (Phi) is 7.28. The van der Waals surface area contributed by atoms with E-state index in [1.807, 2.05) is 14.0 Å². The molecule has 2 N–H and O–H groups in total. The van der Waals surface area contributed by atoms with Crippen LogP contribution in [0.15, 0.2) is 24.3 Å². The van der Waals surface area contributed by atoms with Crippen molar-refractivity contribution >= 4 is 11.6 Å². The van der Waals surface area contributed by atoms with Crippen molar-refractivity contribution in [1.82, 2.24) is 10.2 Å². The summed E-state index contributed by atoms with van der Waals surface area (Å²) in [5, 5.41) is 5.91. The van der Waals surface area contributed by atoms with Crippen molar-refractivity contribution in [3.63, 3.8) is 0 Å². The first-order valence-electron chi connectivity index (χ1n) is 8.84. The van der Waals surface area contributed by atoms with Gasteiger partial charge in [-0.1, -0.05) is 0 Å². The molecule has 1 fully saturated rings. The van der Waals surface area contributed by atoms with Crippen molar-refractivity contribution in [2.75, 3.05) is 32.0 Å². The highest BCUT2D eigenvalue weighted by Gasteiger charge is 2.31. The van der Waals surface area contributed by atoms with Gasteiger partial charge in [-0.2, -0.15) is 0 Å². The minimum atomic E-state index is -4.72. The Morgan fingerprint density at radius 1 is 1.27 bits per heavy atom. The molecule has 26 heavy (non-hydrogen) atoms. The first-order chi connectivity index (χ1) is 12.3. The number of anilines is 1. The number of likely N-dealkylation sites (tertiary alicyclic amines) is 1. The Morgan fingerprint density at radius 3 is 2.42 bits per heavy atom. The molecule has 8 heteroatoms. The summed E-state index contributed by atoms with van der Waals surface area (Å²) >= 11 is 0. The first-order valence-corrected chi connectivity index (χ1v) is 8.84. The maximum atomic E-state index is 12.4. The second-order valence-corrected chi connectivity index (χ2v) is 6.61. The number of nitrogens with one attached hydrogen (secondary N) is 2. The van der Waals surface area contributed by atoms with Gasteiger partial charge in [-0.05, 0) is 83.1 Å². The summed E-state index contributed by atoms with van der Waals surface area (Å²) in [6.45, 7) is 4.61. The van der Waals surface area contributed by atoms with E-state index >= 15 is 0 Å². The van der Waals surface area contributed by atoms with Crippen molar-refractivity contribution in [1.29, 1.82) is 0 Å². The van der Waals surface area contributed by atoms with Crippen molar-refractivity contribution in [2.45, 2.75) is 38.6 Å². The zero-order chi connectivity index (χ0) is 19.2. The molecule has 1 atom stereocenters. The molecule has 146 valence electrons. The molecule has 0 radical (unpaired) electrons. The van der Waals surface area contributed by atoms with Gasteiger partial charge >= 0.3 is 6.36 Å². The maximum absolute atomic E-state index is 12.4. The highest BCUT2D eigenvalue weighted by molar-refractivity contribution is 5.94. The number of nitrogens with zero attached hydrogens (tertiary/aromatic N) is 1. The number of carbonyl (C=O) groups is 1. The number of hydrogen-bond acceptors (Lipinski definition) is 4. The highest BCUT2D eigenvalue weighted by atomic mass is 19.4. The van der Waals surface area contributed by atoms with Crippen LogP contribution in [0, 0.1) is 5.92 Å². The van der Waals surface area contributed by atoms with Gasteiger partial charge in [0.25, 0.3) is 0 Å². The van der Waals surface area contributed by atoms with Gasteiger partial charge in [0.2, 0.25) is 5.91 Å². The summed E-state index contributed by atoms with van der Waals surface area (Å²) in [6, 6.07) is 4.87. The largest absolute Gasteiger partial charge is 0.573 e. The van der Waals surface area contributed by atoms with E-state index in [0.717, 1.165) is 38.9 Å². The third-order valence-corrected chi connectivity index (χ3v) is 4.73. The molecule has 1 aliphatic heterocycles. The van der Waals surface area contributed by atoms with Crippen LogP contribution in [-0.2, 0) is 4.79 Å². The molecule has 5 nitrogen and oxygen atoms in total. The Labute approximate surface area is 151 Å². The quantitative estimate of drug-likeness (QED) is 0.771. The van der Waals surface area contributed by atoms with Gasteiger partial charge in [0, 0.05) is 5.69 Å². The molecule has 2 rings (SSSR count). The van der Waals surface area contributed by atoms with E-state index in [2.05, 4.69) is 20.3 Å². The van der Waals surface area contributed by atoms with Crippen LogP contribution in [0.5, 0.6) is 5.75 Å². The summed E-state index contributed by atoms with van der Waals surface area (Å²) in [5.74, 6) is 0.213. The first kappa shape index (κ1) is 20.5. The fourth-order valence-corrected chi connectivity index (χ4v) is 3.13. The summed E-state index contributed by atoms with van der Waals surface area (Å²) in [7, 11) is 1.95. The second kappa shape index (κ2) is 9.23. The summed E-state index contributed by atoms with van der Waals surface area (Å²) in [6.07, 6.45) is -1.43. The van der Waals surface area contributed by atoms with Crippen LogP contribution in [0.4, 0.5) is 18.9 Å². The zero-order valence-electron chi connectivity index (χ0n) is 15.1. The molecule has 0 saturated carbocycles. The number of amides is 1. The molecule has 0 spiro atoms. The molecule has 1 heterocycles. The maximum Gasteiger partial charge on any atom is 0.573 e. The number of rotatable bonds is 7. The molecule has 1 unspecified atom stereocenters. The monoisotopic (exact) mass is 373 g/mol. The molecule has 1 amide bonds. The lowest BCUT2D eigenvalue weighted by molar-refractivity contribution is -0.274. The lowest BCUT2D eigenvalue weighted by Gasteiger charge is -2.35. The van der Waals surface area contributed by atoms with E-state index in [1.54, 1.807) is 0 Å². The van der Waals surface area contributed by atoms with Crippen molar-refractivity contribution in [3.8, 4) is 5.75 Å². The SMILES string of the molecule is CNCCC1CCN(C(C)C(=O)Nc2ccc(OC(F)(F)F)cc2)CC1. The number of alkyl halides is 3. The summed E-state index contributed by atoms with van der Waals surface area (Å²) in [4.78, 5) is 14.6. The van der Waals surface area contributed by atoms with E-state index < -0.39 is 6.36 Å². The normalized spacial score (nSPS) is 17.7. The number of hydrogen-bond donors (Lipinski definition) is 2. The van der Waals surface area contributed by atoms with Gasteiger partial charge in [0.15, 0.2) is 0 Å². The molecule has 1 aromatic rings. The molecular weight excluding hydrogens is 347 g/mol. The van der Waals surface area contributed by atoms with Gasteiger partial charge < -0.3 is 15.4 Å². The average molecular weight is 373 g/mol. The lowest BCUT2D eigenvalue weighted by atomic mass is 9.93. The topological polar surface area (TPSA) is 53.6 Å². The van der Waals surface area contributed by atoms with Crippen LogP contribution < -0.4 is 15.4 Å². The smallest absolute Gasteiger partial charge is 0.406 e. The predicted molar refractivity (Wildman–Crippen MR) is 94.1 cm³/mol. The molecule has 0 bridgehead atoms. The van der Waals surface area contributed by atoms with Crippen LogP contribution in [0.1, 0.15) is 26.2 Å². The van der Waals surface area contributed by atoms with E-state index in [4.69, 9.17) is 0 Å². The van der Waals surface area contributed by atoms with Crippen LogP contribution in [0.25, 0.3) is 0 Å². The third-order valence-electron chi connectivity index (χ3n) is 4.73. The standard InChI is InChI=1S/C18H26F3N3O2/c1-13(24-11-8-14(9-12-24)7-10-22-2)17(25)23-15-3-5-16(6-4-15)26-18(19,20)21/h3-6,13-14,22H,7-12H2,1-2H3,(H,23,25). The van der Waals surface area contributed by atoms with Gasteiger partial charge in [0.1, 0.15) is 5.75 Å². The summed E-state index contributed by atoms with van der Waals surface area (Å²) in [5.41, 5.74) is 0.445. The van der Waals surface area contributed by atoms with Crippen LogP contribution >= 0.6 is 0 Å². The van der Waals surface area contributed by atoms with Gasteiger partial charge in [-0.3, -0.25) is 9.69 Å². The van der Waals surface area contributed by atoms with E-state index in [9.17, 15) is 18.0 Å². The number of halogens is 3. The lowest BCUT2D eigenvalue weighted by Crippen LogP contribution is -2.46. The molecule has 1 saturated heterocycles. The minimum absolute atomic E-state index is 0.164.